The number of benzene rings is 2. The van der Waals surface area contributed by atoms with Gasteiger partial charge in [0.15, 0.2) is 0 Å². The Balaban J connectivity index is 1.61. The fraction of sp³-hybridized carbons (Fsp3) is 0.250. The van der Waals surface area contributed by atoms with Crippen LogP contribution in [0.2, 0.25) is 0 Å². The van der Waals surface area contributed by atoms with Crippen molar-refractivity contribution < 1.29 is 13.9 Å². The van der Waals surface area contributed by atoms with Gasteiger partial charge in [0.25, 0.3) is 5.91 Å². The van der Waals surface area contributed by atoms with Gasteiger partial charge in [0.1, 0.15) is 5.75 Å². The highest BCUT2D eigenvalue weighted by Gasteiger charge is 2.13. The highest BCUT2D eigenvalue weighted by atomic mass is 32.2. The maximum Gasteiger partial charge on any atom is 0.322 e. The number of amides is 1. The van der Waals surface area contributed by atoms with Gasteiger partial charge in [-0.05, 0) is 61.2 Å². The molecule has 0 aliphatic rings. The van der Waals surface area contributed by atoms with Crippen LogP contribution in [0.5, 0.6) is 5.75 Å². The molecule has 140 valence electrons. The van der Waals surface area contributed by atoms with Crippen molar-refractivity contribution in [2.24, 2.45) is 0 Å². The van der Waals surface area contributed by atoms with E-state index >= 15 is 0 Å². The van der Waals surface area contributed by atoms with Crippen molar-refractivity contribution in [3.63, 3.8) is 0 Å². The first-order valence-electron chi connectivity index (χ1n) is 8.71. The van der Waals surface area contributed by atoms with E-state index in [1.165, 1.54) is 0 Å². The number of carbonyl (C=O) groups excluding carboxylic acids is 1. The maximum absolute atomic E-state index is 12.3. The molecule has 0 atom stereocenters. The van der Waals surface area contributed by atoms with Gasteiger partial charge in [0, 0.05) is 16.0 Å². The summed E-state index contributed by atoms with van der Waals surface area (Å²) in [5, 5.41) is 10.5. The number of unbranched alkanes of at least 4 members (excludes halogenated alkanes) is 1. The van der Waals surface area contributed by atoms with Gasteiger partial charge in [0.05, 0.1) is 6.61 Å². The number of nitrogens with one attached hydrogen (secondary N) is 1. The third-order valence-corrected chi connectivity index (χ3v) is 4.61. The fourth-order valence-corrected chi connectivity index (χ4v) is 2.74. The largest absolute Gasteiger partial charge is 0.494 e. The molecule has 6 nitrogen and oxygen atoms in total. The molecular formula is C20H21N3O3S. The summed E-state index contributed by atoms with van der Waals surface area (Å²) in [4.78, 5) is 13.5. The van der Waals surface area contributed by atoms with Gasteiger partial charge in [0.2, 0.25) is 5.89 Å². The lowest BCUT2D eigenvalue weighted by atomic mass is 10.2. The van der Waals surface area contributed by atoms with Crippen LogP contribution in [0.3, 0.4) is 0 Å². The van der Waals surface area contributed by atoms with Gasteiger partial charge in [-0.2, -0.15) is 0 Å². The van der Waals surface area contributed by atoms with Gasteiger partial charge in [-0.15, -0.1) is 16.9 Å². The standard InChI is InChI=1S/C20H21N3O3S/c1-3-4-13-25-16-9-5-14(6-10-16)18(24)21-20-23-22-19(26-20)15-7-11-17(27-2)12-8-15/h5-12H,3-4,13H2,1-2H3,(H,21,23,24). The molecule has 0 aliphatic carbocycles. The zero-order chi connectivity index (χ0) is 19.1. The van der Waals surface area contributed by atoms with E-state index in [1.807, 2.05) is 30.5 Å². The SMILES string of the molecule is CCCCOc1ccc(C(=O)Nc2nnc(-c3ccc(SC)cc3)o2)cc1. The smallest absolute Gasteiger partial charge is 0.322 e. The molecule has 3 aromatic rings. The Morgan fingerprint density at radius 2 is 1.85 bits per heavy atom. The van der Waals surface area contributed by atoms with Gasteiger partial charge in [-0.25, -0.2) is 0 Å². The van der Waals surface area contributed by atoms with Gasteiger partial charge < -0.3 is 9.15 Å². The molecule has 0 aliphatic heterocycles. The van der Waals surface area contributed by atoms with E-state index in [0.29, 0.717) is 18.1 Å². The predicted molar refractivity (Wildman–Crippen MR) is 106 cm³/mol. The first-order valence-corrected chi connectivity index (χ1v) is 9.94. The number of rotatable bonds is 8. The molecule has 2 aromatic carbocycles. The lowest BCUT2D eigenvalue weighted by Crippen LogP contribution is -2.12. The molecule has 0 bridgehead atoms. The number of ether oxygens (including phenoxy) is 1. The highest BCUT2D eigenvalue weighted by Crippen LogP contribution is 2.23. The van der Waals surface area contributed by atoms with Crippen LogP contribution in [0.1, 0.15) is 30.1 Å². The number of hydrogen-bond donors (Lipinski definition) is 1. The Morgan fingerprint density at radius 3 is 2.52 bits per heavy atom. The first-order chi connectivity index (χ1) is 13.2. The summed E-state index contributed by atoms with van der Waals surface area (Å²) in [6.07, 6.45) is 4.09. The van der Waals surface area contributed by atoms with Crippen LogP contribution in [-0.4, -0.2) is 29.0 Å². The minimum Gasteiger partial charge on any atom is -0.494 e. The summed E-state index contributed by atoms with van der Waals surface area (Å²) in [5.41, 5.74) is 1.29. The minimum atomic E-state index is -0.317. The summed E-state index contributed by atoms with van der Waals surface area (Å²) >= 11 is 1.66. The second-order valence-corrected chi connectivity index (χ2v) is 6.70. The summed E-state index contributed by atoms with van der Waals surface area (Å²) in [6, 6.07) is 14.8. The summed E-state index contributed by atoms with van der Waals surface area (Å²) in [5.74, 6) is 0.787. The van der Waals surface area contributed by atoms with Crippen molar-refractivity contribution in [2.45, 2.75) is 24.7 Å². The number of anilines is 1. The molecule has 0 radical (unpaired) electrons. The fourth-order valence-electron chi connectivity index (χ4n) is 2.33. The van der Waals surface area contributed by atoms with E-state index in [-0.39, 0.29) is 11.9 Å². The third-order valence-electron chi connectivity index (χ3n) is 3.87. The molecule has 1 N–H and O–H groups in total. The number of thioether (sulfide) groups is 1. The second kappa shape index (κ2) is 9.23. The first kappa shape index (κ1) is 19.0. The number of aromatic nitrogens is 2. The Labute approximate surface area is 162 Å². The normalized spacial score (nSPS) is 10.6. The lowest BCUT2D eigenvalue weighted by molar-refractivity contribution is 0.102. The van der Waals surface area contributed by atoms with Crippen LogP contribution >= 0.6 is 11.8 Å². The van der Waals surface area contributed by atoms with Gasteiger partial charge in [-0.1, -0.05) is 18.4 Å². The Kier molecular flexibility index (Phi) is 6.49. The maximum atomic E-state index is 12.3. The number of nitrogens with zero attached hydrogens (tertiary/aromatic N) is 2. The van der Waals surface area contributed by atoms with Crippen LogP contribution in [0.15, 0.2) is 57.8 Å². The van der Waals surface area contributed by atoms with Crippen molar-refractivity contribution in [3.8, 4) is 17.2 Å². The molecule has 1 aromatic heterocycles. The molecular weight excluding hydrogens is 362 g/mol. The molecule has 7 heteroatoms. The van der Waals surface area contributed by atoms with E-state index in [0.717, 1.165) is 29.1 Å². The molecule has 1 heterocycles. The monoisotopic (exact) mass is 383 g/mol. The Bertz CT molecular complexity index is 876. The lowest BCUT2D eigenvalue weighted by Gasteiger charge is -2.06. The molecule has 1 amide bonds. The summed E-state index contributed by atoms with van der Waals surface area (Å²) in [7, 11) is 0. The summed E-state index contributed by atoms with van der Waals surface area (Å²) in [6.45, 7) is 2.78. The minimum absolute atomic E-state index is 0.0622. The number of carbonyl (C=O) groups is 1. The van der Waals surface area contributed by atoms with Crippen molar-refractivity contribution in [2.75, 3.05) is 18.2 Å². The third kappa shape index (κ3) is 5.10. The average Bonchev–Trinajstić information content (AvgIpc) is 3.17. The van der Waals surface area contributed by atoms with Crippen LogP contribution < -0.4 is 10.1 Å². The second-order valence-electron chi connectivity index (χ2n) is 5.82. The van der Waals surface area contributed by atoms with Crippen molar-refractivity contribution >= 4 is 23.7 Å². The molecule has 0 spiro atoms. The van der Waals surface area contributed by atoms with E-state index in [2.05, 4.69) is 22.4 Å². The van der Waals surface area contributed by atoms with Crippen LogP contribution in [-0.2, 0) is 0 Å². The summed E-state index contributed by atoms with van der Waals surface area (Å²) < 4.78 is 11.1. The topological polar surface area (TPSA) is 77.2 Å². The molecule has 0 saturated carbocycles. The van der Waals surface area contributed by atoms with E-state index in [1.54, 1.807) is 36.0 Å². The Hall–Kier alpha value is -2.80. The molecule has 0 saturated heterocycles. The zero-order valence-electron chi connectivity index (χ0n) is 15.3. The van der Waals surface area contributed by atoms with Crippen LogP contribution in [0.25, 0.3) is 11.5 Å². The number of hydrogen-bond acceptors (Lipinski definition) is 6. The average molecular weight is 383 g/mol. The molecule has 0 unspecified atom stereocenters. The molecule has 3 rings (SSSR count). The van der Waals surface area contributed by atoms with Crippen LogP contribution in [0.4, 0.5) is 6.01 Å². The molecule has 27 heavy (non-hydrogen) atoms. The van der Waals surface area contributed by atoms with E-state index in [9.17, 15) is 4.79 Å². The van der Waals surface area contributed by atoms with E-state index in [4.69, 9.17) is 9.15 Å². The molecule has 0 fully saturated rings. The highest BCUT2D eigenvalue weighted by molar-refractivity contribution is 7.98. The van der Waals surface area contributed by atoms with E-state index < -0.39 is 0 Å². The van der Waals surface area contributed by atoms with Gasteiger partial charge >= 0.3 is 6.01 Å². The zero-order valence-corrected chi connectivity index (χ0v) is 16.1. The van der Waals surface area contributed by atoms with Crippen molar-refractivity contribution in [1.29, 1.82) is 0 Å². The van der Waals surface area contributed by atoms with Crippen molar-refractivity contribution in [3.05, 3.63) is 54.1 Å². The predicted octanol–water partition coefficient (Wildman–Crippen LogP) is 4.89. The van der Waals surface area contributed by atoms with Gasteiger partial charge in [-0.3, -0.25) is 10.1 Å². The van der Waals surface area contributed by atoms with Crippen molar-refractivity contribution in [1.82, 2.24) is 10.2 Å². The quantitative estimate of drug-likeness (QED) is 0.441. The Morgan fingerprint density at radius 1 is 1.11 bits per heavy atom. The van der Waals surface area contributed by atoms with Crippen LogP contribution in [0, 0.1) is 0 Å².